The SMILES string of the molecule is COC1CC(O)(C(F)(F)C(=O)O)C1. The number of rotatable bonds is 3. The third-order valence-electron chi connectivity index (χ3n) is 2.32. The van der Waals surface area contributed by atoms with E-state index < -0.39 is 23.6 Å². The van der Waals surface area contributed by atoms with Gasteiger partial charge in [-0.3, -0.25) is 0 Å². The number of ether oxygens (including phenoxy) is 1. The van der Waals surface area contributed by atoms with Crippen LogP contribution in [0, 0.1) is 0 Å². The molecule has 1 rings (SSSR count). The predicted molar refractivity (Wildman–Crippen MR) is 37.6 cm³/mol. The van der Waals surface area contributed by atoms with Crippen LogP contribution in [0.15, 0.2) is 0 Å². The summed E-state index contributed by atoms with van der Waals surface area (Å²) in [6, 6.07) is 0. The molecule has 0 aromatic rings. The van der Waals surface area contributed by atoms with Gasteiger partial charge in [0.05, 0.1) is 6.10 Å². The van der Waals surface area contributed by atoms with Crippen LogP contribution in [0.4, 0.5) is 8.78 Å². The van der Waals surface area contributed by atoms with Gasteiger partial charge >= 0.3 is 11.9 Å². The molecule has 0 aromatic heterocycles. The second-order valence-corrected chi connectivity index (χ2v) is 3.18. The van der Waals surface area contributed by atoms with Crippen molar-refractivity contribution in [2.75, 3.05) is 7.11 Å². The second kappa shape index (κ2) is 2.88. The molecule has 1 aliphatic carbocycles. The van der Waals surface area contributed by atoms with Gasteiger partial charge in [0.15, 0.2) is 0 Å². The Balaban J connectivity index is 2.68. The first-order valence-corrected chi connectivity index (χ1v) is 3.70. The molecule has 0 atom stereocenters. The molecule has 6 heteroatoms. The van der Waals surface area contributed by atoms with E-state index >= 15 is 0 Å². The Hall–Kier alpha value is -0.750. The number of hydrogen-bond acceptors (Lipinski definition) is 3. The van der Waals surface area contributed by atoms with Crippen LogP contribution in [0.25, 0.3) is 0 Å². The molecule has 0 bridgehead atoms. The fourth-order valence-electron chi connectivity index (χ4n) is 1.32. The fraction of sp³-hybridized carbons (Fsp3) is 0.857. The first-order valence-electron chi connectivity index (χ1n) is 3.70. The number of hydrogen-bond donors (Lipinski definition) is 2. The zero-order valence-corrected chi connectivity index (χ0v) is 6.96. The summed E-state index contributed by atoms with van der Waals surface area (Å²) in [7, 11) is 1.32. The molecule has 0 amide bonds. The Labute approximate surface area is 73.1 Å². The third kappa shape index (κ3) is 1.40. The average Bonchev–Trinajstić information content (AvgIpc) is 1.97. The van der Waals surface area contributed by atoms with Crippen molar-refractivity contribution in [3.63, 3.8) is 0 Å². The smallest absolute Gasteiger partial charge is 0.377 e. The van der Waals surface area contributed by atoms with Gasteiger partial charge in [-0.1, -0.05) is 0 Å². The minimum Gasteiger partial charge on any atom is -0.477 e. The van der Waals surface area contributed by atoms with Gasteiger partial charge in [0.2, 0.25) is 0 Å². The van der Waals surface area contributed by atoms with E-state index in [9.17, 15) is 18.7 Å². The van der Waals surface area contributed by atoms with Crippen LogP contribution in [0.5, 0.6) is 0 Å². The summed E-state index contributed by atoms with van der Waals surface area (Å²) in [6.07, 6.45) is -1.17. The minimum atomic E-state index is -4.10. The molecule has 0 radical (unpaired) electrons. The molecule has 76 valence electrons. The van der Waals surface area contributed by atoms with E-state index in [-0.39, 0.29) is 12.8 Å². The molecule has 1 saturated carbocycles. The molecule has 0 saturated heterocycles. The summed E-state index contributed by atoms with van der Waals surface area (Å²) in [5.74, 6) is -6.40. The fourth-order valence-corrected chi connectivity index (χ4v) is 1.32. The van der Waals surface area contributed by atoms with Gasteiger partial charge in [-0.2, -0.15) is 8.78 Å². The van der Waals surface area contributed by atoms with Crippen LogP contribution in [0.3, 0.4) is 0 Å². The molecule has 1 fully saturated rings. The molecular formula is C7H10F2O4. The maximum atomic E-state index is 12.8. The largest absolute Gasteiger partial charge is 0.477 e. The summed E-state index contributed by atoms with van der Waals surface area (Å²) in [5, 5.41) is 17.3. The number of aliphatic carboxylic acids is 1. The van der Waals surface area contributed by atoms with Gasteiger partial charge < -0.3 is 14.9 Å². The summed E-state index contributed by atoms with van der Waals surface area (Å²) in [5.41, 5.74) is -2.44. The van der Waals surface area contributed by atoms with E-state index in [0.29, 0.717) is 0 Å². The summed E-state index contributed by atoms with van der Waals surface area (Å²) >= 11 is 0. The summed E-state index contributed by atoms with van der Waals surface area (Å²) in [6.45, 7) is 0. The molecule has 0 heterocycles. The first-order chi connectivity index (χ1) is 5.83. The molecule has 13 heavy (non-hydrogen) atoms. The van der Waals surface area contributed by atoms with Gasteiger partial charge in [0, 0.05) is 20.0 Å². The van der Waals surface area contributed by atoms with Crippen molar-refractivity contribution in [1.82, 2.24) is 0 Å². The molecule has 1 aliphatic rings. The molecule has 0 unspecified atom stereocenters. The van der Waals surface area contributed by atoms with Gasteiger partial charge in [-0.15, -0.1) is 0 Å². The number of carboxylic acids is 1. The highest BCUT2D eigenvalue weighted by molar-refractivity contribution is 5.77. The first kappa shape index (κ1) is 10.3. The van der Waals surface area contributed by atoms with Crippen molar-refractivity contribution in [2.45, 2.75) is 30.5 Å². The van der Waals surface area contributed by atoms with Crippen LogP contribution in [0.2, 0.25) is 0 Å². The maximum absolute atomic E-state index is 12.8. The van der Waals surface area contributed by atoms with Crippen molar-refractivity contribution < 1.29 is 28.5 Å². The van der Waals surface area contributed by atoms with E-state index in [0.717, 1.165) is 0 Å². The van der Waals surface area contributed by atoms with Crippen LogP contribution in [-0.2, 0) is 9.53 Å². The highest BCUT2D eigenvalue weighted by atomic mass is 19.3. The number of aliphatic hydroxyl groups is 1. The Morgan fingerprint density at radius 3 is 2.38 bits per heavy atom. The van der Waals surface area contributed by atoms with Crippen molar-refractivity contribution in [1.29, 1.82) is 0 Å². The minimum absolute atomic E-state index is 0.344. The Morgan fingerprint density at radius 2 is 2.08 bits per heavy atom. The normalized spacial score (nSPS) is 34.0. The maximum Gasteiger partial charge on any atom is 0.377 e. The number of methoxy groups -OCH3 is 1. The summed E-state index contributed by atoms with van der Waals surface area (Å²) < 4.78 is 30.2. The van der Waals surface area contributed by atoms with E-state index in [1.807, 2.05) is 0 Å². The van der Waals surface area contributed by atoms with Gasteiger partial charge in [-0.05, 0) is 0 Å². The monoisotopic (exact) mass is 196 g/mol. The predicted octanol–water partition coefficient (Wildman–Crippen LogP) is 0.246. The van der Waals surface area contributed by atoms with E-state index in [2.05, 4.69) is 4.74 Å². The number of carboxylic acid groups (broad SMARTS) is 1. The third-order valence-corrected chi connectivity index (χ3v) is 2.32. The van der Waals surface area contributed by atoms with Crippen LogP contribution in [-0.4, -0.2) is 40.9 Å². The highest BCUT2D eigenvalue weighted by Crippen LogP contribution is 2.45. The Morgan fingerprint density at radius 1 is 1.62 bits per heavy atom. The van der Waals surface area contributed by atoms with Crippen LogP contribution >= 0.6 is 0 Å². The van der Waals surface area contributed by atoms with E-state index in [1.165, 1.54) is 7.11 Å². The second-order valence-electron chi connectivity index (χ2n) is 3.18. The molecule has 0 spiro atoms. The van der Waals surface area contributed by atoms with Gasteiger partial charge in [0.25, 0.3) is 0 Å². The zero-order chi connectivity index (χ0) is 10.3. The molecule has 4 nitrogen and oxygen atoms in total. The zero-order valence-electron chi connectivity index (χ0n) is 6.96. The number of alkyl halides is 2. The Kier molecular flexibility index (Phi) is 2.29. The van der Waals surface area contributed by atoms with Gasteiger partial charge in [0.1, 0.15) is 5.60 Å². The van der Waals surface area contributed by atoms with Crippen molar-refractivity contribution in [3.05, 3.63) is 0 Å². The quantitative estimate of drug-likeness (QED) is 0.678. The molecule has 2 N–H and O–H groups in total. The molecule has 0 aromatic carbocycles. The van der Waals surface area contributed by atoms with Crippen molar-refractivity contribution >= 4 is 5.97 Å². The van der Waals surface area contributed by atoms with Crippen LogP contribution in [0.1, 0.15) is 12.8 Å². The molecular weight excluding hydrogens is 186 g/mol. The standard InChI is InChI=1S/C7H10F2O4/c1-13-4-2-6(12,3-4)7(8,9)5(10)11/h4,12H,2-3H2,1H3,(H,10,11). The Bertz CT molecular complexity index is 223. The van der Waals surface area contributed by atoms with E-state index in [4.69, 9.17) is 5.11 Å². The lowest BCUT2D eigenvalue weighted by atomic mass is 9.73. The lowest BCUT2D eigenvalue weighted by molar-refractivity contribution is -0.252. The topological polar surface area (TPSA) is 66.8 Å². The number of halogens is 2. The van der Waals surface area contributed by atoms with Crippen LogP contribution < -0.4 is 0 Å². The number of carbonyl (C=O) groups is 1. The van der Waals surface area contributed by atoms with Gasteiger partial charge in [-0.25, -0.2) is 4.79 Å². The lowest BCUT2D eigenvalue weighted by Gasteiger charge is -2.45. The highest BCUT2D eigenvalue weighted by Gasteiger charge is 2.65. The van der Waals surface area contributed by atoms with Crippen molar-refractivity contribution in [2.24, 2.45) is 0 Å². The lowest BCUT2D eigenvalue weighted by Crippen LogP contribution is -2.62. The molecule has 0 aliphatic heterocycles. The van der Waals surface area contributed by atoms with Crippen molar-refractivity contribution in [3.8, 4) is 0 Å². The summed E-state index contributed by atoms with van der Waals surface area (Å²) in [4.78, 5) is 10.1. The van der Waals surface area contributed by atoms with E-state index in [1.54, 1.807) is 0 Å². The average molecular weight is 196 g/mol.